The number of unbranched alkanes of at least 4 members (excludes halogenated alkanes) is 1. The average molecular weight is 389 g/mol. The molecule has 0 fully saturated rings. The first kappa shape index (κ1) is 21.3. The second kappa shape index (κ2) is 9.25. The number of aryl methyl sites for hydroxylation is 2. The third-order valence-electron chi connectivity index (χ3n) is 4.46. The molecule has 2 rings (SSSR count). The van der Waals surface area contributed by atoms with Gasteiger partial charge in [0.25, 0.3) is 11.4 Å². The van der Waals surface area contributed by atoms with Gasteiger partial charge in [0.1, 0.15) is 22.8 Å². The Kier molecular flexibility index (Phi) is 7.03. The van der Waals surface area contributed by atoms with Crippen LogP contribution in [0, 0.1) is 0 Å². The molecule has 0 spiro atoms. The van der Waals surface area contributed by atoms with E-state index in [4.69, 9.17) is 13.9 Å². The van der Waals surface area contributed by atoms with Crippen molar-refractivity contribution in [2.24, 2.45) is 0 Å². The zero-order chi connectivity index (χ0) is 20.8. The number of aromatic nitrogens is 3. The first-order chi connectivity index (χ1) is 13.4. The van der Waals surface area contributed by atoms with Crippen molar-refractivity contribution in [3.63, 3.8) is 0 Å². The van der Waals surface area contributed by atoms with Gasteiger partial charge < -0.3 is 24.0 Å². The molecule has 0 atom stereocenters. The lowest BCUT2D eigenvalue weighted by atomic mass is 9.95. The number of methoxy groups -OCH3 is 2. The number of aromatic hydroxyl groups is 1. The molecule has 0 saturated carbocycles. The summed E-state index contributed by atoms with van der Waals surface area (Å²) in [6.07, 6.45) is 2.81. The van der Waals surface area contributed by atoms with Crippen molar-refractivity contribution in [1.82, 2.24) is 15.2 Å². The molecule has 152 valence electrons. The largest absolute Gasteiger partial charge is 0.506 e. The number of ether oxygens (including phenoxy) is 2. The second-order valence-corrected chi connectivity index (χ2v) is 6.25. The summed E-state index contributed by atoms with van der Waals surface area (Å²) in [5.74, 6) is 0.834. The lowest BCUT2D eigenvalue weighted by molar-refractivity contribution is 0.283. The molecule has 8 nitrogen and oxygen atoms in total. The lowest BCUT2D eigenvalue weighted by Gasteiger charge is -2.19. The minimum atomic E-state index is -0.504. The van der Waals surface area contributed by atoms with Gasteiger partial charge in [-0.3, -0.25) is 4.79 Å². The quantitative estimate of drug-likeness (QED) is 0.498. The van der Waals surface area contributed by atoms with Crippen molar-refractivity contribution >= 4 is 5.57 Å². The van der Waals surface area contributed by atoms with E-state index in [1.165, 1.54) is 14.2 Å². The predicted molar refractivity (Wildman–Crippen MR) is 106 cm³/mol. The number of pyridine rings is 1. The van der Waals surface area contributed by atoms with Crippen LogP contribution >= 0.6 is 0 Å². The van der Waals surface area contributed by atoms with Crippen LogP contribution < -0.4 is 5.56 Å². The maximum absolute atomic E-state index is 12.7. The normalized spacial score (nSPS) is 11.9. The van der Waals surface area contributed by atoms with Crippen LogP contribution in [0.2, 0.25) is 0 Å². The number of allylic oxidation sites excluding steroid dienone is 2. The van der Waals surface area contributed by atoms with E-state index < -0.39 is 5.56 Å². The molecule has 8 heteroatoms. The molecule has 2 aromatic rings. The van der Waals surface area contributed by atoms with E-state index in [1.54, 1.807) is 6.92 Å². The Balaban J connectivity index is 2.85. The second-order valence-electron chi connectivity index (χ2n) is 6.25. The third-order valence-corrected chi connectivity index (χ3v) is 4.46. The van der Waals surface area contributed by atoms with E-state index in [0.717, 1.165) is 12.8 Å². The van der Waals surface area contributed by atoms with Gasteiger partial charge in [-0.25, -0.2) is 0 Å². The first-order valence-electron chi connectivity index (χ1n) is 9.18. The third kappa shape index (κ3) is 4.11. The van der Waals surface area contributed by atoms with E-state index in [0.29, 0.717) is 47.1 Å². The minimum absolute atomic E-state index is 0.0451. The van der Waals surface area contributed by atoms with E-state index in [-0.39, 0.29) is 17.2 Å². The van der Waals surface area contributed by atoms with Crippen molar-refractivity contribution in [2.75, 3.05) is 14.2 Å². The fourth-order valence-electron chi connectivity index (χ4n) is 2.86. The van der Waals surface area contributed by atoms with Crippen LogP contribution in [0.5, 0.6) is 5.75 Å². The summed E-state index contributed by atoms with van der Waals surface area (Å²) in [7, 11) is 2.99. The van der Waals surface area contributed by atoms with E-state index in [2.05, 4.69) is 21.8 Å². The molecule has 2 heterocycles. The fourth-order valence-corrected chi connectivity index (χ4v) is 2.86. The summed E-state index contributed by atoms with van der Waals surface area (Å²) in [6.45, 7) is 9.54. The fraction of sp³-hybridized carbons (Fsp3) is 0.450. The summed E-state index contributed by atoms with van der Waals surface area (Å²) in [5.41, 5.74) is 0.809. The molecule has 0 saturated heterocycles. The number of nitrogens with zero attached hydrogens (tertiary/aromatic N) is 2. The van der Waals surface area contributed by atoms with Gasteiger partial charge in [-0.2, -0.15) is 0 Å². The zero-order valence-electron chi connectivity index (χ0n) is 17.0. The molecule has 0 radical (unpaired) electrons. The highest BCUT2D eigenvalue weighted by molar-refractivity contribution is 5.86. The molecule has 2 N–H and O–H groups in total. The molecule has 0 aromatic carbocycles. The van der Waals surface area contributed by atoms with Crippen molar-refractivity contribution < 1.29 is 19.0 Å². The highest BCUT2D eigenvalue weighted by Crippen LogP contribution is 2.39. The number of nitrogens with one attached hydrogen (secondary N) is 1. The number of rotatable bonds is 9. The Labute approximate surface area is 163 Å². The molecule has 0 unspecified atom stereocenters. The number of hydrogen-bond donors (Lipinski definition) is 2. The van der Waals surface area contributed by atoms with Gasteiger partial charge in [0.15, 0.2) is 0 Å². The van der Waals surface area contributed by atoms with Crippen LogP contribution in [-0.4, -0.2) is 34.5 Å². The topological polar surface area (TPSA) is 110 Å². The van der Waals surface area contributed by atoms with Gasteiger partial charge >= 0.3 is 0 Å². The van der Waals surface area contributed by atoms with Gasteiger partial charge in [-0.1, -0.05) is 26.8 Å². The maximum atomic E-state index is 12.7. The number of H-pyrrole nitrogens is 1. The Morgan fingerprint density at radius 3 is 2.50 bits per heavy atom. The molecule has 0 bridgehead atoms. The van der Waals surface area contributed by atoms with Gasteiger partial charge in [-0.05, 0) is 19.8 Å². The Hall–Kier alpha value is -3.03. The van der Waals surface area contributed by atoms with E-state index in [9.17, 15) is 9.90 Å². The highest BCUT2D eigenvalue weighted by Gasteiger charge is 2.27. The Morgan fingerprint density at radius 2 is 1.96 bits per heavy atom. The Bertz CT molecular complexity index is 940. The standard InChI is InChI=1S/C20H27N3O5/c1-7-9-10-13-16(15(11(3)26-5)12(4)27-6)18(24)17(19(25)21-13)20-23-22-14(8-2)28-20/h3,7-10H2,1-2,4-6H3,(H2,21,24,25)/b15-12-. The predicted octanol–water partition coefficient (Wildman–Crippen LogP) is 3.57. The van der Waals surface area contributed by atoms with E-state index in [1.807, 2.05) is 13.8 Å². The zero-order valence-corrected chi connectivity index (χ0v) is 17.0. The summed E-state index contributed by atoms with van der Waals surface area (Å²) >= 11 is 0. The van der Waals surface area contributed by atoms with Crippen molar-refractivity contribution in [3.8, 4) is 17.2 Å². The summed E-state index contributed by atoms with van der Waals surface area (Å²) in [4.78, 5) is 15.6. The smallest absolute Gasteiger partial charge is 0.264 e. The molecule has 0 aliphatic heterocycles. The average Bonchev–Trinajstić information content (AvgIpc) is 3.16. The van der Waals surface area contributed by atoms with Gasteiger partial charge in [0, 0.05) is 12.1 Å². The van der Waals surface area contributed by atoms with Crippen LogP contribution in [0.3, 0.4) is 0 Å². The molecule has 0 aliphatic rings. The summed E-state index contributed by atoms with van der Waals surface area (Å²) < 4.78 is 16.2. The van der Waals surface area contributed by atoms with Gasteiger partial charge in [0.2, 0.25) is 5.89 Å². The molecule has 28 heavy (non-hydrogen) atoms. The van der Waals surface area contributed by atoms with Gasteiger partial charge in [0.05, 0.1) is 25.4 Å². The highest BCUT2D eigenvalue weighted by atomic mass is 16.5. The number of hydrogen-bond acceptors (Lipinski definition) is 7. The molecular weight excluding hydrogens is 362 g/mol. The monoisotopic (exact) mass is 389 g/mol. The maximum Gasteiger partial charge on any atom is 0.264 e. The van der Waals surface area contributed by atoms with Crippen molar-refractivity contribution in [3.05, 3.63) is 45.6 Å². The van der Waals surface area contributed by atoms with E-state index >= 15 is 0 Å². The molecular formula is C20H27N3O5. The summed E-state index contributed by atoms with van der Waals surface area (Å²) in [5, 5.41) is 18.9. The molecule has 0 aliphatic carbocycles. The molecule has 0 amide bonds. The summed E-state index contributed by atoms with van der Waals surface area (Å²) in [6, 6.07) is 0. The van der Waals surface area contributed by atoms with Crippen molar-refractivity contribution in [1.29, 1.82) is 0 Å². The van der Waals surface area contributed by atoms with Crippen LogP contribution in [0.4, 0.5) is 0 Å². The van der Waals surface area contributed by atoms with Crippen LogP contribution in [0.25, 0.3) is 17.0 Å². The number of aromatic amines is 1. The SMILES string of the molecule is C=C(OC)/C(=C(\C)OC)c1c(CCCC)[nH]c(=O)c(-c2nnc(CC)o2)c1O. The first-order valence-corrected chi connectivity index (χ1v) is 9.18. The molecule has 2 aromatic heterocycles. The van der Waals surface area contributed by atoms with Gasteiger partial charge in [-0.15, -0.1) is 10.2 Å². The van der Waals surface area contributed by atoms with Crippen LogP contribution in [0.15, 0.2) is 27.3 Å². The lowest BCUT2D eigenvalue weighted by Crippen LogP contribution is -2.16. The Morgan fingerprint density at radius 1 is 1.25 bits per heavy atom. The van der Waals surface area contributed by atoms with Crippen molar-refractivity contribution in [2.45, 2.75) is 46.5 Å². The van der Waals surface area contributed by atoms with Crippen LogP contribution in [0.1, 0.15) is 50.8 Å². The minimum Gasteiger partial charge on any atom is -0.506 e. The van der Waals surface area contributed by atoms with Crippen LogP contribution in [-0.2, 0) is 22.3 Å².